The second-order valence-corrected chi connectivity index (χ2v) is 6.18. The van der Waals surface area contributed by atoms with Crippen LogP contribution in [0.5, 0.6) is 0 Å². The second kappa shape index (κ2) is 8.19. The molecule has 0 saturated carbocycles. The van der Waals surface area contributed by atoms with Gasteiger partial charge in [-0.1, -0.05) is 60.7 Å². The molecule has 0 amide bonds. The maximum absolute atomic E-state index is 4.69. The summed E-state index contributed by atoms with van der Waals surface area (Å²) in [5, 5.41) is 3.25. The monoisotopic (exact) mass is 353 g/mol. The summed E-state index contributed by atoms with van der Waals surface area (Å²) in [5.41, 5.74) is 3.24. The molecule has 2 aromatic carbocycles. The molecule has 0 atom stereocenters. The molecule has 2 heterocycles. The highest BCUT2D eigenvalue weighted by molar-refractivity contribution is 5.51. The lowest BCUT2D eigenvalue weighted by molar-refractivity contribution is 0.856. The van der Waals surface area contributed by atoms with E-state index in [1.54, 1.807) is 12.4 Å². The van der Waals surface area contributed by atoms with Gasteiger partial charge in [-0.15, -0.1) is 0 Å². The first kappa shape index (κ1) is 16.8. The van der Waals surface area contributed by atoms with Gasteiger partial charge >= 0.3 is 0 Å². The molecule has 0 unspecified atom stereocenters. The van der Waals surface area contributed by atoms with E-state index in [1.165, 1.54) is 11.1 Å². The summed E-state index contributed by atoms with van der Waals surface area (Å²) < 4.78 is 0. The third-order valence-electron chi connectivity index (χ3n) is 4.07. The van der Waals surface area contributed by atoms with Crippen LogP contribution in [0.3, 0.4) is 0 Å². The Kier molecular flexibility index (Phi) is 5.11. The molecule has 0 bridgehead atoms. The predicted molar refractivity (Wildman–Crippen MR) is 106 cm³/mol. The zero-order valence-corrected chi connectivity index (χ0v) is 14.8. The number of anilines is 2. The van der Waals surface area contributed by atoms with E-state index >= 15 is 0 Å². The molecule has 132 valence electrons. The van der Waals surface area contributed by atoms with Crippen molar-refractivity contribution in [1.29, 1.82) is 0 Å². The van der Waals surface area contributed by atoms with Crippen LogP contribution < -0.4 is 5.32 Å². The first-order valence-electron chi connectivity index (χ1n) is 8.84. The van der Waals surface area contributed by atoms with Crippen LogP contribution in [-0.4, -0.2) is 19.9 Å². The summed E-state index contributed by atoms with van der Waals surface area (Å²) in [5.74, 6) is 2.05. The van der Waals surface area contributed by atoms with E-state index in [0.29, 0.717) is 18.8 Å². The van der Waals surface area contributed by atoms with E-state index in [-0.39, 0.29) is 0 Å². The number of pyridine rings is 1. The Morgan fingerprint density at radius 1 is 0.593 bits per heavy atom. The maximum Gasteiger partial charge on any atom is 0.230 e. The molecule has 0 aliphatic carbocycles. The van der Waals surface area contributed by atoms with Gasteiger partial charge in [0.2, 0.25) is 5.95 Å². The fourth-order valence-electron chi connectivity index (χ4n) is 2.80. The lowest BCUT2D eigenvalue weighted by Crippen LogP contribution is -2.08. The van der Waals surface area contributed by atoms with Crippen molar-refractivity contribution in [3.8, 4) is 0 Å². The van der Waals surface area contributed by atoms with Crippen molar-refractivity contribution >= 4 is 11.6 Å². The molecular formula is C22H19N5. The number of rotatable bonds is 6. The van der Waals surface area contributed by atoms with Crippen LogP contribution in [0.2, 0.25) is 0 Å². The van der Waals surface area contributed by atoms with Gasteiger partial charge in [0.1, 0.15) is 11.6 Å². The van der Waals surface area contributed by atoms with Gasteiger partial charge in [-0.05, 0) is 23.3 Å². The molecule has 0 fully saturated rings. The molecule has 0 radical (unpaired) electrons. The smallest absolute Gasteiger partial charge is 0.230 e. The van der Waals surface area contributed by atoms with Gasteiger partial charge in [0.15, 0.2) is 0 Å². The van der Waals surface area contributed by atoms with Crippen LogP contribution in [-0.2, 0) is 12.8 Å². The number of hydrogen-bond acceptors (Lipinski definition) is 5. The van der Waals surface area contributed by atoms with Gasteiger partial charge in [-0.25, -0.2) is 4.98 Å². The molecule has 4 aromatic rings. The van der Waals surface area contributed by atoms with Crippen molar-refractivity contribution < 1.29 is 0 Å². The van der Waals surface area contributed by atoms with E-state index in [1.807, 2.05) is 48.5 Å². The second-order valence-electron chi connectivity index (χ2n) is 6.18. The Morgan fingerprint density at radius 2 is 1.11 bits per heavy atom. The number of hydrogen-bond donors (Lipinski definition) is 1. The number of aromatic nitrogens is 4. The molecule has 1 N–H and O–H groups in total. The highest BCUT2D eigenvalue weighted by Gasteiger charge is 2.09. The van der Waals surface area contributed by atoms with E-state index in [2.05, 4.69) is 44.5 Å². The Hall–Kier alpha value is -3.60. The quantitative estimate of drug-likeness (QED) is 0.563. The first-order chi connectivity index (χ1) is 13.3. The summed E-state index contributed by atoms with van der Waals surface area (Å²) in [7, 11) is 0. The summed E-state index contributed by atoms with van der Waals surface area (Å²) in [6.45, 7) is 0. The normalized spacial score (nSPS) is 10.5. The summed E-state index contributed by atoms with van der Waals surface area (Å²) in [6, 6.07) is 24.2. The fourth-order valence-corrected chi connectivity index (χ4v) is 2.80. The Morgan fingerprint density at radius 3 is 1.63 bits per heavy atom. The minimum absolute atomic E-state index is 0.549. The summed E-state index contributed by atoms with van der Waals surface area (Å²) >= 11 is 0. The minimum atomic E-state index is 0.549. The zero-order chi connectivity index (χ0) is 18.3. The number of nitrogens with one attached hydrogen (secondary N) is 1. The SMILES string of the molecule is c1ccc(Cc2nc(Cc3ccccc3)nc(Nc3ccncc3)n2)cc1. The average molecular weight is 353 g/mol. The Balaban J connectivity index is 1.64. The molecular weight excluding hydrogens is 334 g/mol. The van der Waals surface area contributed by atoms with E-state index < -0.39 is 0 Å². The van der Waals surface area contributed by atoms with Crippen molar-refractivity contribution in [1.82, 2.24) is 19.9 Å². The van der Waals surface area contributed by atoms with E-state index in [4.69, 9.17) is 4.98 Å². The number of nitrogens with zero attached hydrogens (tertiary/aromatic N) is 4. The van der Waals surface area contributed by atoms with Crippen molar-refractivity contribution in [3.63, 3.8) is 0 Å². The highest BCUT2D eigenvalue weighted by Crippen LogP contribution is 2.15. The van der Waals surface area contributed by atoms with Gasteiger partial charge in [0.05, 0.1) is 0 Å². The van der Waals surface area contributed by atoms with Gasteiger partial charge in [-0.2, -0.15) is 9.97 Å². The molecule has 0 aliphatic heterocycles. The zero-order valence-electron chi connectivity index (χ0n) is 14.8. The van der Waals surface area contributed by atoms with Gasteiger partial charge < -0.3 is 5.32 Å². The van der Waals surface area contributed by atoms with Crippen LogP contribution in [0.15, 0.2) is 85.2 Å². The maximum atomic E-state index is 4.69. The molecule has 27 heavy (non-hydrogen) atoms. The van der Waals surface area contributed by atoms with Crippen molar-refractivity contribution in [2.75, 3.05) is 5.32 Å². The largest absolute Gasteiger partial charge is 0.324 e. The molecule has 0 saturated heterocycles. The fraction of sp³-hybridized carbons (Fsp3) is 0.0909. The summed E-state index contributed by atoms with van der Waals surface area (Å²) in [4.78, 5) is 18.0. The van der Waals surface area contributed by atoms with Crippen LogP contribution in [0.1, 0.15) is 22.8 Å². The average Bonchev–Trinajstić information content (AvgIpc) is 2.70. The van der Waals surface area contributed by atoms with Gasteiger partial charge in [0, 0.05) is 30.9 Å². The topological polar surface area (TPSA) is 63.6 Å². The van der Waals surface area contributed by atoms with Gasteiger partial charge in [-0.3, -0.25) is 4.98 Å². The number of benzene rings is 2. The van der Waals surface area contributed by atoms with E-state index in [9.17, 15) is 0 Å². The van der Waals surface area contributed by atoms with Crippen LogP contribution >= 0.6 is 0 Å². The molecule has 2 aromatic heterocycles. The standard InChI is InChI=1S/C22H19N5/c1-3-7-17(8-4-1)15-20-25-21(16-18-9-5-2-6-10-18)27-22(26-20)24-19-11-13-23-14-12-19/h1-14H,15-16H2,(H,23,24,25,26,27). The molecule has 5 nitrogen and oxygen atoms in total. The molecule has 0 spiro atoms. The molecule has 5 heteroatoms. The Bertz CT molecular complexity index is 844. The highest BCUT2D eigenvalue weighted by atomic mass is 15.2. The van der Waals surface area contributed by atoms with Gasteiger partial charge in [0.25, 0.3) is 0 Å². The third-order valence-corrected chi connectivity index (χ3v) is 4.07. The lowest BCUT2D eigenvalue weighted by Gasteiger charge is -2.09. The van der Waals surface area contributed by atoms with Crippen molar-refractivity contribution in [2.45, 2.75) is 12.8 Å². The minimum Gasteiger partial charge on any atom is -0.324 e. The van der Waals surface area contributed by atoms with E-state index in [0.717, 1.165) is 17.3 Å². The van der Waals surface area contributed by atoms with Crippen LogP contribution in [0.25, 0.3) is 0 Å². The Labute approximate surface area is 158 Å². The van der Waals surface area contributed by atoms with Crippen LogP contribution in [0, 0.1) is 0 Å². The van der Waals surface area contributed by atoms with Crippen LogP contribution in [0.4, 0.5) is 11.6 Å². The first-order valence-corrected chi connectivity index (χ1v) is 8.84. The molecule has 4 rings (SSSR count). The van der Waals surface area contributed by atoms with Crippen molar-refractivity contribution in [3.05, 3.63) is 108 Å². The predicted octanol–water partition coefficient (Wildman–Crippen LogP) is 4.19. The third kappa shape index (κ3) is 4.73. The lowest BCUT2D eigenvalue weighted by atomic mass is 10.1. The van der Waals surface area contributed by atoms with Crippen molar-refractivity contribution in [2.24, 2.45) is 0 Å². The summed E-state index contributed by atoms with van der Waals surface area (Å²) in [6.07, 6.45) is 4.80. The molecule has 0 aliphatic rings.